The number of carbonyl (C=O) groups is 5. The number of amides is 3. The molecule has 0 saturated carbocycles. The van der Waals surface area contributed by atoms with Crippen molar-refractivity contribution >= 4 is 29.7 Å². The van der Waals surface area contributed by atoms with Crippen LogP contribution in [0.5, 0.6) is 0 Å². The highest BCUT2D eigenvalue weighted by molar-refractivity contribution is 5.94. The molecule has 0 aromatic carbocycles. The van der Waals surface area contributed by atoms with Gasteiger partial charge in [-0.1, -0.05) is 27.7 Å². The first-order valence-corrected chi connectivity index (χ1v) is 12.1. The summed E-state index contributed by atoms with van der Waals surface area (Å²) in [7, 11) is 0. The van der Waals surface area contributed by atoms with Gasteiger partial charge < -0.3 is 37.6 Å². The summed E-state index contributed by atoms with van der Waals surface area (Å²) in [6.45, 7) is 7.77. The minimum absolute atomic E-state index is 0.00763. The molecule has 12 heteroatoms. The number of hydrogen-bond acceptors (Lipinski definition) is 7. The van der Waals surface area contributed by atoms with Crippen LogP contribution >= 0.6 is 0 Å². The normalized spacial score (nSPS) is 14.6. The van der Waals surface area contributed by atoms with Gasteiger partial charge in [-0.3, -0.25) is 19.2 Å². The standard InChI is InChI=1S/C23H43N5O7/c1-13(2)11-17(27-20(31)15(25)8-9-19(29)30)22(33)26-16(7-5-6-10-24)21(32)28-18(23(34)35)12-14(3)4/h13-18H,5-12,24-25H2,1-4H3,(H,26,33)(H,27,31)(H,28,32)(H,29,30)(H,34,35)/t15-,16-,17-,18-/m0/s1. The van der Waals surface area contributed by atoms with Crippen molar-refractivity contribution in [2.75, 3.05) is 6.54 Å². The largest absolute Gasteiger partial charge is 0.481 e. The number of carboxylic acid groups (broad SMARTS) is 2. The van der Waals surface area contributed by atoms with Crippen LogP contribution < -0.4 is 27.4 Å². The van der Waals surface area contributed by atoms with Gasteiger partial charge in [0.25, 0.3) is 0 Å². The van der Waals surface area contributed by atoms with E-state index in [2.05, 4.69) is 16.0 Å². The fraction of sp³-hybridized carbons (Fsp3) is 0.783. The molecule has 0 aromatic heterocycles. The first kappa shape index (κ1) is 32.3. The van der Waals surface area contributed by atoms with Crippen LogP contribution in [-0.4, -0.2) is 70.6 Å². The first-order valence-electron chi connectivity index (χ1n) is 12.1. The lowest BCUT2D eigenvalue weighted by molar-refractivity contribution is -0.143. The topological polar surface area (TPSA) is 214 Å². The Labute approximate surface area is 206 Å². The second-order valence-electron chi connectivity index (χ2n) is 9.60. The second-order valence-corrected chi connectivity index (χ2v) is 9.60. The van der Waals surface area contributed by atoms with Gasteiger partial charge in [0.1, 0.15) is 18.1 Å². The lowest BCUT2D eigenvalue weighted by Crippen LogP contribution is -2.57. The highest BCUT2D eigenvalue weighted by Crippen LogP contribution is 2.10. The van der Waals surface area contributed by atoms with Crippen molar-refractivity contribution in [2.24, 2.45) is 23.3 Å². The second kappa shape index (κ2) is 16.8. The molecule has 0 spiro atoms. The van der Waals surface area contributed by atoms with Crippen molar-refractivity contribution in [2.45, 2.75) is 96.8 Å². The number of nitrogens with two attached hydrogens (primary N) is 2. The van der Waals surface area contributed by atoms with Crippen molar-refractivity contribution in [1.82, 2.24) is 16.0 Å². The zero-order valence-corrected chi connectivity index (χ0v) is 21.2. The predicted molar refractivity (Wildman–Crippen MR) is 130 cm³/mol. The smallest absolute Gasteiger partial charge is 0.326 e. The molecule has 0 aliphatic carbocycles. The third-order valence-electron chi connectivity index (χ3n) is 5.25. The lowest BCUT2D eigenvalue weighted by atomic mass is 10.0. The van der Waals surface area contributed by atoms with Gasteiger partial charge in [0.05, 0.1) is 6.04 Å². The first-order chi connectivity index (χ1) is 16.3. The van der Waals surface area contributed by atoms with Crippen molar-refractivity contribution in [1.29, 1.82) is 0 Å². The Kier molecular flexibility index (Phi) is 15.5. The van der Waals surface area contributed by atoms with Crippen molar-refractivity contribution in [3.05, 3.63) is 0 Å². The van der Waals surface area contributed by atoms with Crippen molar-refractivity contribution < 1.29 is 34.2 Å². The number of carbonyl (C=O) groups excluding carboxylic acids is 3. The number of aliphatic carboxylic acids is 2. The zero-order valence-electron chi connectivity index (χ0n) is 21.2. The van der Waals surface area contributed by atoms with E-state index in [9.17, 15) is 29.1 Å². The summed E-state index contributed by atoms with van der Waals surface area (Å²) in [6.07, 6.45) is 1.48. The molecule has 3 amide bonds. The Morgan fingerprint density at radius 3 is 1.69 bits per heavy atom. The number of carboxylic acids is 2. The molecule has 0 fully saturated rings. The van der Waals surface area contributed by atoms with E-state index < -0.39 is 53.8 Å². The Morgan fingerprint density at radius 2 is 1.20 bits per heavy atom. The van der Waals surface area contributed by atoms with Gasteiger partial charge in [-0.05, 0) is 56.9 Å². The van der Waals surface area contributed by atoms with Gasteiger partial charge >= 0.3 is 11.9 Å². The highest BCUT2D eigenvalue weighted by atomic mass is 16.4. The molecule has 0 aliphatic rings. The predicted octanol–water partition coefficient (Wildman–Crippen LogP) is -0.0613. The molecule has 0 radical (unpaired) electrons. The molecule has 202 valence electrons. The number of unbranched alkanes of at least 4 members (excludes halogenated alkanes) is 1. The fourth-order valence-corrected chi connectivity index (χ4v) is 3.39. The molecule has 12 nitrogen and oxygen atoms in total. The van der Waals surface area contributed by atoms with Crippen LogP contribution in [0.2, 0.25) is 0 Å². The average Bonchev–Trinajstić information content (AvgIpc) is 2.74. The average molecular weight is 502 g/mol. The summed E-state index contributed by atoms with van der Waals surface area (Å²) < 4.78 is 0. The summed E-state index contributed by atoms with van der Waals surface area (Å²) in [4.78, 5) is 60.7. The fourth-order valence-electron chi connectivity index (χ4n) is 3.39. The van der Waals surface area contributed by atoms with E-state index in [1.54, 1.807) is 0 Å². The van der Waals surface area contributed by atoms with E-state index in [1.807, 2.05) is 27.7 Å². The third kappa shape index (κ3) is 14.3. The summed E-state index contributed by atoms with van der Waals surface area (Å²) in [5, 5.41) is 25.9. The van der Waals surface area contributed by atoms with Crippen LogP contribution in [-0.2, 0) is 24.0 Å². The van der Waals surface area contributed by atoms with Gasteiger partial charge in [0, 0.05) is 6.42 Å². The molecular weight excluding hydrogens is 458 g/mol. The Balaban J connectivity index is 5.50. The Bertz CT molecular complexity index is 714. The summed E-state index contributed by atoms with van der Waals surface area (Å²) in [5.74, 6) is -4.13. The number of hydrogen-bond donors (Lipinski definition) is 7. The molecule has 0 bridgehead atoms. The molecule has 4 atom stereocenters. The van der Waals surface area contributed by atoms with E-state index in [1.165, 1.54) is 0 Å². The number of nitrogens with one attached hydrogen (secondary N) is 3. The van der Waals surface area contributed by atoms with Crippen LogP contribution in [0.15, 0.2) is 0 Å². The van der Waals surface area contributed by atoms with Crippen LogP contribution in [0.25, 0.3) is 0 Å². The Hall–Kier alpha value is -2.73. The maximum Gasteiger partial charge on any atom is 0.326 e. The molecule has 35 heavy (non-hydrogen) atoms. The number of rotatable bonds is 18. The SMILES string of the molecule is CC(C)C[C@H](NC(=O)[C@H](CCCCN)NC(=O)[C@H](CC(C)C)NC(=O)[C@@H](N)CCC(=O)O)C(=O)O. The molecule has 0 saturated heterocycles. The highest BCUT2D eigenvalue weighted by Gasteiger charge is 2.30. The van der Waals surface area contributed by atoms with Crippen LogP contribution in [0.1, 0.15) is 72.6 Å². The quantitative estimate of drug-likeness (QED) is 0.125. The summed E-state index contributed by atoms with van der Waals surface area (Å²) in [5.41, 5.74) is 11.3. The van der Waals surface area contributed by atoms with E-state index in [0.29, 0.717) is 19.4 Å². The van der Waals surface area contributed by atoms with E-state index in [4.69, 9.17) is 16.6 Å². The summed E-state index contributed by atoms with van der Waals surface area (Å²) >= 11 is 0. The molecule has 0 unspecified atom stereocenters. The summed E-state index contributed by atoms with van der Waals surface area (Å²) in [6, 6.07) is -4.23. The zero-order chi connectivity index (χ0) is 27.1. The van der Waals surface area contributed by atoms with Crippen molar-refractivity contribution in [3.63, 3.8) is 0 Å². The third-order valence-corrected chi connectivity index (χ3v) is 5.25. The van der Waals surface area contributed by atoms with Gasteiger partial charge in [-0.15, -0.1) is 0 Å². The maximum absolute atomic E-state index is 13.1. The molecule has 0 aliphatic heterocycles. The molecule has 0 aromatic rings. The van der Waals surface area contributed by atoms with E-state index >= 15 is 0 Å². The van der Waals surface area contributed by atoms with Gasteiger partial charge in [-0.2, -0.15) is 0 Å². The van der Waals surface area contributed by atoms with E-state index in [0.717, 1.165) is 0 Å². The maximum atomic E-state index is 13.1. The van der Waals surface area contributed by atoms with Crippen LogP contribution in [0, 0.1) is 11.8 Å². The minimum Gasteiger partial charge on any atom is -0.481 e. The van der Waals surface area contributed by atoms with Gasteiger partial charge in [0.2, 0.25) is 17.7 Å². The molecule has 0 rings (SSSR count). The van der Waals surface area contributed by atoms with Gasteiger partial charge in [-0.25, -0.2) is 4.79 Å². The van der Waals surface area contributed by atoms with E-state index in [-0.39, 0.29) is 43.9 Å². The minimum atomic E-state index is -1.17. The molecule has 0 heterocycles. The molecular formula is C23H43N5O7. The van der Waals surface area contributed by atoms with Crippen molar-refractivity contribution in [3.8, 4) is 0 Å². The van der Waals surface area contributed by atoms with Gasteiger partial charge in [0.15, 0.2) is 0 Å². The van der Waals surface area contributed by atoms with Crippen LogP contribution in [0.3, 0.4) is 0 Å². The monoisotopic (exact) mass is 501 g/mol. The lowest BCUT2D eigenvalue weighted by Gasteiger charge is -2.26. The molecule has 9 N–H and O–H groups in total. The Morgan fingerprint density at radius 1 is 0.714 bits per heavy atom. The van der Waals surface area contributed by atoms with Crippen LogP contribution in [0.4, 0.5) is 0 Å².